The van der Waals surface area contributed by atoms with Gasteiger partial charge in [-0.05, 0) is 31.0 Å². The smallest absolute Gasteiger partial charge is 0.119 e. The normalized spacial score (nSPS) is 10.6. The molecule has 1 aromatic rings. The van der Waals surface area contributed by atoms with Crippen LogP contribution in [0.2, 0.25) is 0 Å². The maximum Gasteiger partial charge on any atom is 0.119 e. The number of unbranched alkanes of at least 4 members (excludes halogenated alkanes) is 1. The van der Waals surface area contributed by atoms with Gasteiger partial charge in [-0.15, -0.1) is 0 Å². The summed E-state index contributed by atoms with van der Waals surface area (Å²) >= 11 is 0. The molecule has 0 amide bonds. The lowest BCUT2D eigenvalue weighted by Crippen LogP contribution is -1.94. The molecule has 0 aliphatic rings. The Kier molecular flexibility index (Phi) is 5.57. The average molecular weight is 189 g/mol. The Morgan fingerprint density at radius 2 is 2.21 bits per heavy atom. The van der Waals surface area contributed by atoms with Crippen LogP contribution >= 0.6 is 0 Å². The zero-order valence-electron chi connectivity index (χ0n) is 8.70. The van der Waals surface area contributed by atoms with Gasteiger partial charge in [0.1, 0.15) is 5.75 Å². The molecule has 1 radical (unpaired) electrons. The van der Waals surface area contributed by atoms with Crippen molar-refractivity contribution in [3.8, 4) is 5.75 Å². The minimum Gasteiger partial charge on any atom is -0.493 e. The van der Waals surface area contributed by atoms with Crippen LogP contribution < -0.4 is 4.74 Å². The van der Waals surface area contributed by atoms with Crippen LogP contribution in [0, 0.1) is 6.07 Å². The van der Waals surface area contributed by atoms with Crippen molar-refractivity contribution in [3.63, 3.8) is 0 Å². The van der Waals surface area contributed by atoms with E-state index in [2.05, 4.69) is 25.1 Å². The molecular weight excluding hydrogens is 172 g/mol. The number of benzene rings is 1. The fourth-order valence-corrected chi connectivity index (χ4v) is 1.11. The van der Waals surface area contributed by atoms with Crippen LogP contribution in [0.15, 0.2) is 36.4 Å². The standard InChI is InChI=1S/C13H17O/c1-2-3-4-5-9-12-14-13-10-7-6-8-11-13/h4-7,10-11H,2-3,9,12H2,1H3. The Labute approximate surface area is 86.4 Å². The second-order valence-corrected chi connectivity index (χ2v) is 3.14. The van der Waals surface area contributed by atoms with Crippen LogP contribution in [0.5, 0.6) is 5.75 Å². The van der Waals surface area contributed by atoms with E-state index < -0.39 is 0 Å². The molecule has 0 unspecified atom stereocenters. The first-order valence-corrected chi connectivity index (χ1v) is 5.17. The van der Waals surface area contributed by atoms with Gasteiger partial charge in [0, 0.05) is 0 Å². The van der Waals surface area contributed by atoms with Gasteiger partial charge in [0.05, 0.1) is 6.61 Å². The van der Waals surface area contributed by atoms with Crippen LogP contribution in [-0.4, -0.2) is 6.61 Å². The lowest BCUT2D eigenvalue weighted by molar-refractivity contribution is 0.325. The number of hydrogen-bond donors (Lipinski definition) is 0. The third-order valence-corrected chi connectivity index (χ3v) is 1.85. The summed E-state index contributed by atoms with van der Waals surface area (Å²) in [6.07, 6.45) is 7.75. The Hall–Kier alpha value is -1.24. The van der Waals surface area contributed by atoms with E-state index in [4.69, 9.17) is 4.74 Å². The SMILES string of the molecule is CCCC=CCCOc1c[c]ccc1. The van der Waals surface area contributed by atoms with Crippen molar-refractivity contribution in [2.75, 3.05) is 6.61 Å². The Bertz CT molecular complexity index is 251. The monoisotopic (exact) mass is 189 g/mol. The molecule has 0 spiro atoms. The van der Waals surface area contributed by atoms with Crippen molar-refractivity contribution in [1.82, 2.24) is 0 Å². The third kappa shape index (κ3) is 4.70. The number of ether oxygens (including phenoxy) is 1. The van der Waals surface area contributed by atoms with E-state index in [0.29, 0.717) is 0 Å². The quantitative estimate of drug-likeness (QED) is 0.490. The summed E-state index contributed by atoms with van der Waals surface area (Å²) in [5, 5.41) is 0. The van der Waals surface area contributed by atoms with Gasteiger partial charge >= 0.3 is 0 Å². The number of allylic oxidation sites excluding steroid dienone is 1. The summed E-state index contributed by atoms with van der Waals surface area (Å²) in [5.74, 6) is 0.899. The van der Waals surface area contributed by atoms with Crippen molar-refractivity contribution in [3.05, 3.63) is 42.5 Å². The predicted octanol–water partition coefficient (Wildman–Crippen LogP) is 3.61. The Balaban J connectivity index is 2.10. The van der Waals surface area contributed by atoms with Crippen molar-refractivity contribution in [1.29, 1.82) is 0 Å². The summed E-state index contributed by atoms with van der Waals surface area (Å²) in [7, 11) is 0. The van der Waals surface area contributed by atoms with Gasteiger partial charge in [0.2, 0.25) is 0 Å². The van der Waals surface area contributed by atoms with Gasteiger partial charge in [-0.25, -0.2) is 0 Å². The number of rotatable bonds is 6. The van der Waals surface area contributed by atoms with Crippen molar-refractivity contribution in [2.24, 2.45) is 0 Å². The maximum absolute atomic E-state index is 5.50. The first-order chi connectivity index (χ1) is 6.93. The highest BCUT2D eigenvalue weighted by Crippen LogP contribution is 2.07. The molecule has 0 N–H and O–H groups in total. The largest absolute Gasteiger partial charge is 0.493 e. The lowest BCUT2D eigenvalue weighted by Gasteiger charge is -2.02. The second kappa shape index (κ2) is 7.19. The highest BCUT2D eigenvalue weighted by atomic mass is 16.5. The zero-order valence-corrected chi connectivity index (χ0v) is 8.70. The molecule has 1 rings (SSSR count). The molecule has 0 saturated heterocycles. The van der Waals surface area contributed by atoms with Gasteiger partial charge in [0.15, 0.2) is 0 Å². The summed E-state index contributed by atoms with van der Waals surface area (Å²) in [5.41, 5.74) is 0. The molecule has 0 heterocycles. The van der Waals surface area contributed by atoms with Crippen molar-refractivity contribution >= 4 is 0 Å². The summed E-state index contributed by atoms with van der Waals surface area (Å²) in [6, 6.07) is 10.6. The highest BCUT2D eigenvalue weighted by molar-refractivity contribution is 5.19. The maximum atomic E-state index is 5.50. The first-order valence-electron chi connectivity index (χ1n) is 5.17. The first kappa shape index (κ1) is 10.8. The van der Waals surface area contributed by atoms with Crippen LogP contribution in [0.4, 0.5) is 0 Å². The van der Waals surface area contributed by atoms with Crippen molar-refractivity contribution < 1.29 is 4.74 Å². The molecule has 1 heteroatoms. The van der Waals surface area contributed by atoms with Gasteiger partial charge in [-0.1, -0.05) is 37.6 Å². The summed E-state index contributed by atoms with van der Waals surface area (Å²) in [6.45, 7) is 2.93. The summed E-state index contributed by atoms with van der Waals surface area (Å²) < 4.78 is 5.50. The zero-order chi connectivity index (χ0) is 10.1. The molecule has 0 aliphatic heterocycles. The fourth-order valence-electron chi connectivity index (χ4n) is 1.11. The topological polar surface area (TPSA) is 9.23 Å². The van der Waals surface area contributed by atoms with E-state index in [9.17, 15) is 0 Å². The fraction of sp³-hybridized carbons (Fsp3) is 0.385. The van der Waals surface area contributed by atoms with Crippen molar-refractivity contribution in [2.45, 2.75) is 26.2 Å². The molecule has 0 saturated carbocycles. The van der Waals surface area contributed by atoms with Gasteiger partial charge in [-0.3, -0.25) is 0 Å². The van der Waals surface area contributed by atoms with E-state index in [0.717, 1.165) is 18.8 Å². The molecule has 14 heavy (non-hydrogen) atoms. The molecule has 0 aromatic heterocycles. The minimum absolute atomic E-state index is 0.748. The van der Waals surface area contributed by atoms with E-state index in [1.54, 1.807) is 0 Å². The van der Waals surface area contributed by atoms with Crippen LogP contribution in [0.3, 0.4) is 0 Å². The summed E-state index contributed by atoms with van der Waals surface area (Å²) in [4.78, 5) is 0. The Morgan fingerprint density at radius 1 is 1.36 bits per heavy atom. The molecule has 1 aromatic carbocycles. The molecular formula is C13H17O. The predicted molar refractivity (Wildman–Crippen MR) is 59.4 cm³/mol. The molecule has 75 valence electrons. The molecule has 1 nitrogen and oxygen atoms in total. The molecule has 0 aliphatic carbocycles. The molecule has 0 atom stereocenters. The Morgan fingerprint density at radius 3 is 2.93 bits per heavy atom. The van der Waals surface area contributed by atoms with E-state index in [-0.39, 0.29) is 0 Å². The van der Waals surface area contributed by atoms with Crippen LogP contribution in [-0.2, 0) is 0 Å². The van der Waals surface area contributed by atoms with Gasteiger partial charge in [-0.2, -0.15) is 0 Å². The van der Waals surface area contributed by atoms with Crippen LogP contribution in [0.25, 0.3) is 0 Å². The number of hydrogen-bond acceptors (Lipinski definition) is 1. The second-order valence-electron chi connectivity index (χ2n) is 3.14. The van der Waals surface area contributed by atoms with Crippen LogP contribution in [0.1, 0.15) is 26.2 Å². The minimum atomic E-state index is 0.748. The van der Waals surface area contributed by atoms with Gasteiger partial charge < -0.3 is 4.74 Å². The van der Waals surface area contributed by atoms with E-state index in [1.165, 1.54) is 12.8 Å². The molecule has 0 bridgehead atoms. The van der Waals surface area contributed by atoms with E-state index in [1.807, 2.05) is 24.3 Å². The van der Waals surface area contributed by atoms with Gasteiger partial charge in [0.25, 0.3) is 0 Å². The average Bonchev–Trinajstić information content (AvgIpc) is 2.25. The molecule has 0 fully saturated rings. The van der Waals surface area contributed by atoms with E-state index >= 15 is 0 Å². The third-order valence-electron chi connectivity index (χ3n) is 1.85. The highest BCUT2D eigenvalue weighted by Gasteiger charge is 1.88. The lowest BCUT2D eigenvalue weighted by atomic mass is 10.3.